The lowest BCUT2D eigenvalue weighted by Gasteiger charge is -2.19. The second-order valence-corrected chi connectivity index (χ2v) is 5.91. The van der Waals surface area contributed by atoms with Crippen molar-refractivity contribution < 1.29 is 19.1 Å². The molecule has 1 atom stereocenters. The number of rotatable bonds is 7. The van der Waals surface area contributed by atoms with E-state index in [1.54, 1.807) is 36.4 Å². The largest absolute Gasteiger partial charge is 0.493 e. The van der Waals surface area contributed by atoms with E-state index < -0.39 is 12.1 Å². The summed E-state index contributed by atoms with van der Waals surface area (Å²) in [5.41, 5.74) is 0.951. The molecule has 0 aliphatic heterocycles. The smallest absolute Gasteiger partial charge is 0.343 e. The van der Waals surface area contributed by atoms with Crippen molar-refractivity contribution in [2.24, 2.45) is 0 Å². The predicted molar refractivity (Wildman–Crippen MR) is 93.4 cm³/mol. The Morgan fingerprint density at radius 2 is 1.76 bits per heavy atom. The highest BCUT2D eigenvalue weighted by molar-refractivity contribution is 5.95. The normalized spacial score (nSPS) is 14.4. The Morgan fingerprint density at radius 1 is 1.08 bits per heavy atom. The summed E-state index contributed by atoms with van der Waals surface area (Å²) in [6.45, 7) is 2.28. The van der Waals surface area contributed by atoms with E-state index in [2.05, 4.69) is 5.32 Å². The first kappa shape index (κ1) is 17.0. The van der Waals surface area contributed by atoms with Crippen LogP contribution in [0.2, 0.25) is 0 Å². The minimum atomic E-state index is -0.982. The van der Waals surface area contributed by atoms with Crippen LogP contribution in [0.1, 0.15) is 41.8 Å². The molecule has 130 valence electrons. The summed E-state index contributed by atoms with van der Waals surface area (Å²) in [5, 5.41) is 2.90. The van der Waals surface area contributed by atoms with Crippen molar-refractivity contribution in [3.05, 3.63) is 65.7 Å². The van der Waals surface area contributed by atoms with Crippen molar-refractivity contribution in [3.8, 4) is 5.75 Å². The number of hydrogen-bond acceptors (Lipinski definition) is 4. The summed E-state index contributed by atoms with van der Waals surface area (Å²) in [5.74, 6) is -0.427. The van der Waals surface area contributed by atoms with Crippen molar-refractivity contribution >= 4 is 11.9 Å². The van der Waals surface area contributed by atoms with Crippen LogP contribution in [-0.4, -0.2) is 24.5 Å². The summed E-state index contributed by atoms with van der Waals surface area (Å²) >= 11 is 0. The number of carbonyl (C=O) groups excluding carboxylic acids is 2. The summed E-state index contributed by atoms with van der Waals surface area (Å²) in [7, 11) is 0. The molecule has 3 rings (SSSR count). The lowest BCUT2D eigenvalue weighted by molar-refractivity contribution is -0.130. The molecular formula is C20H21NO4. The molecule has 1 aliphatic carbocycles. The molecule has 1 aliphatic rings. The third-order valence-corrected chi connectivity index (χ3v) is 3.90. The molecule has 0 saturated heterocycles. The number of hydrogen-bond donors (Lipinski definition) is 1. The van der Waals surface area contributed by atoms with E-state index in [1.165, 1.54) is 0 Å². The summed E-state index contributed by atoms with van der Waals surface area (Å²) in [6, 6.07) is 16.1. The SMILES string of the molecule is CCOc1ccccc1C(=O)O[C@@H](C(=O)NC1CC1)c1ccccc1. The van der Waals surface area contributed by atoms with Crippen LogP contribution in [-0.2, 0) is 9.53 Å². The van der Waals surface area contributed by atoms with Gasteiger partial charge in [0.2, 0.25) is 6.10 Å². The molecule has 1 N–H and O–H groups in total. The summed E-state index contributed by atoms with van der Waals surface area (Å²) in [6.07, 6.45) is 0.951. The number of nitrogens with one attached hydrogen (secondary N) is 1. The lowest BCUT2D eigenvalue weighted by atomic mass is 10.1. The molecule has 1 saturated carbocycles. The van der Waals surface area contributed by atoms with Crippen molar-refractivity contribution in [1.29, 1.82) is 0 Å². The van der Waals surface area contributed by atoms with Gasteiger partial charge in [0.15, 0.2) is 0 Å². The van der Waals surface area contributed by atoms with E-state index in [0.29, 0.717) is 23.5 Å². The van der Waals surface area contributed by atoms with Gasteiger partial charge in [-0.25, -0.2) is 4.79 Å². The number of para-hydroxylation sites is 1. The van der Waals surface area contributed by atoms with Crippen LogP contribution in [0.5, 0.6) is 5.75 Å². The van der Waals surface area contributed by atoms with Crippen molar-refractivity contribution in [3.63, 3.8) is 0 Å². The summed E-state index contributed by atoms with van der Waals surface area (Å²) in [4.78, 5) is 25.2. The van der Waals surface area contributed by atoms with Gasteiger partial charge >= 0.3 is 5.97 Å². The van der Waals surface area contributed by atoms with Crippen molar-refractivity contribution in [1.82, 2.24) is 5.32 Å². The van der Waals surface area contributed by atoms with Gasteiger partial charge < -0.3 is 14.8 Å². The molecule has 0 bridgehead atoms. The Hall–Kier alpha value is -2.82. The van der Waals surface area contributed by atoms with Crippen LogP contribution < -0.4 is 10.1 Å². The average Bonchev–Trinajstić information content (AvgIpc) is 3.45. The van der Waals surface area contributed by atoms with E-state index in [9.17, 15) is 9.59 Å². The minimum Gasteiger partial charge on any atom is -0.493 e. The van der Waals surface area contributed by atoms with Gasteiger partial charge in [-0.3, -0.25) is 4.79 Å². The Morgan fingerprint density at radius 3 is 2.44 bits per heavy atom. The van der Waals surface area contributed by atoms with E-state index in [4.69, 9.17) is 9.47 Å². The molecule has 5 nitrogen and oxygen atoms in total. The molecule has 2 aromatic rings. The molecule has 0 aromatic heterocycles. The Bertz CT molecular complexity index is 740. The summed E-state index contributed by atoms with van der Waals surface area (Å²) < 4.78 is 11.0. The molecule has 5 heteroatoms. The Kier molecular flexibility index (Phi) is 5.33. The van der Waals surface area contributed by atoms with Crippen molar-refractivity contribution in [2.45, 2.75) is 31.9 Å². The maximum Gasteiger partial charge on any atom is 0.343 e. The lowest BCUT2D eigenvalue weighted by Crippen LogP contribution is -2.33. The Labute approximate surface area is 147 Å². The predicted octanol–water partition coefficient (Wildman–Crippen LogP) is 3.26. The monoisotopic (exact) mass is 339 g/mol. The minimum absolute atomic E-state index is 0.188. The van der Waals surface area contributed by atoms with Gasteiger partial charge in [0.05, 0.1) is 6.61 Å². The van der Waals surface area contributed by atoms with Crippen LogP contribution >= 0.6 is 0 Å². The van der Waals surface area contributed by atoms with Gasteiger partial charge in [0.25, 0.3) is 5.91 Å². The topological polar surface area (TPSA) is 64.6 Å². The second kappa shape index (κ2) is 7.83. The van der Waals surface area contributed by atoms with Gasteiger partial charge in [-0.15, -0.1) is 0 Å². The van der Waals surface area contributed by atoms with Gasteiger partial charge in [-0.05, 0) is 31.9 Å². The zero-order chi connectivity index (χ0) is 17.6. The molecule has 2 aromatic carbocycles. The van der Waals surface area contributed by atoms with E-state index in [0.717, 1.165) is 12.8 Å². The van der Waals surface area contributed by atoms with Gasteiger partial charge in [-0.1, -0.05) is 42.5 Å². The van der Waals surface area contributed by atoms with Crippen LogP contribution in [0.3, 0.4) is 0 Å². The molecule has 0 unspecified atom stereocenters. The molecule has 0 heterocycles. The fraction of sp³-hybridized carbons (Fsp3) is 0.300. The molecule has 1 fully saturated rings. The fourth-order valence-electron chi connectivity index (χ4n) is 2.49. The molecular weight excluding hydrogens is 318 g/mol. The van der Waals surface area contributed by atoms with Gasteiger partial charge in [0.1, 0.15) is 11.3 Å². The van der Waals surface area contributed by atoms with Crippen LogP contribution in [0.25, 0.3) is 0 Å². The molecule has 0 radical (unpaired) electrons. The number of ether oxygens (including phenoxy) is 2. The highest BCUT2D eigenvalue weighted by Crippen LogP contribution is 2.26. The van der Waals surface area contributed by atoms with E-state index in [1.807, 2.05) is 25.1 Å². The first-order valence-electron chi connectivity index (χ1n) is 8.47. The van der Waals surface area contributed by atoms with Gasteiger partial charge in [0, 0.05) is 11.6 Å². The zero-order valence-electron chi connectivity index (χ0n) is 14.1. The highest BCUT2D eigenvalue weighted by Gasteiger charge is 2.31. The van der Waals surface area contributed by atoms with Crippen LogP contribution in [0.15, 0.2) is 54.6 Å². The molecule has 25 heavy (non-hydrogen) atoms. The van der Waals surface area contributed by atoms with Crippen LogP contribution in [0.4, 0.5) is 0 Å². The Balaban J connectivity index is 1.82. The number of benzene rings is 2. The van der Waals surface area contributed by atoms with Crippen molar-refractivity contribution in [2.75, 3.05) is 6.61 Å². The van der Waals surface area contributed by atoms with Crippen LogP contribution in [0, 0.1) is 0 Å². The quantitative estimate of drug-likeness (QED) is 0.787. The number of carbonyl (C=O) groups is 2. The average molecular weight is 339 g/mol. The second-order valence-electron chi connectivity index (χ2n) is 5.91. The fourth-order valence-corrected chi connectivity index (χ4v) is 2.49. The number of amides is 1. The first-order valence-corrected chi connectivity index (χ1v) is 8.47. The molecule has 1 amide bonds. The third kappa shape index (κ3) is 4.38. The maximum absolute atomic E-state index is 12.6. The standard InChI is InChI=1S/C20H21NO4/c1-2-24-17-11-7-6-10-16(17)20(23)25-18(14-8-4-3-5-9-14)19(22)21-15-12-13-15/h3-11,15,18H,2,12-13H2,1H3,(H,21,22)/t18-/m1/s1. The zero-order valence-corrected chi connectivity index (χ0v) is 14.1. The molecule has 0 spiro atoms. The highest BCUT2D eigenvalue weighted by atomic mass is 16.6. The van der Waals surface area contributed by atoms with E-state index in [-0.39, 0.29) is 11.9 Å². The maximum atomic E-state index is 12.6. The van der Waals surface area contributed by atoms with E-state index >= 15 is 0 Å². The number of esters is 1. The third-order valence-electron chi connectivity index (χ3n) is 3.90. The van der Waals surface area contributed by atoms with Gasteiger partial charge in [-0.2, -0.15) is 0 Å². The first-order chi connectivity index (χ1) is 12.2.